The molecule has 0 unspecified atom stereocenters. The van der Waals surface area contributed by atoms with Crippen molar-refractivity contribution < 1.29 is 28.3 Å². The smallest absolute Gasteiger partial charge is 0.338 e. The highest BCUT2D eigenvalue weighted by Gasteiger charge is 2.49. The van der Waals surface area contributed by atoms with Gasteiger partial charge in [0.05, 0.1) is 28.6 Å². The third-order valence-corrected chi connectivity index (χ3v) is 6.86. The van der Waals surface area contributed by atoms with Crippen molar-refractivity contribution in [2.24, 2.45) is 10.4 Å². The number of carbonyl (C=O) groups is 3. The second kappa shape index (κ2) is 10.5. The number of fused-ring (bicyclic) bond motifs is 4. The van der Waals surface area contributed by atoms with Gasteiger partial charge in [-0.05, 0) is 44.0 Å². The van der Waals surface area contributed by atoms with Gasteiger partial charge in [0.1, 0.15) is 11.1 Å². The molecule has 0 aliphatic carbocycles. The van der Waals surface area contributed by atoms with Gasteiger partial charge in [-0.25, -0.2) is 9.59 Å². The van der Waals surface area contributed by atoms with Gasteiger partial charge in [-0.2, -0.15) is 4.99 Å². The molecular weight excluding hydrogens is 476 g/mol. The summed E-state index contributed by atoms with van der Waals surface area (Å²) in [4.78, 5) is 67.8. The maximum Gasteiger partial charge on any atom is 0.338 e. The molecule has 1 aromatic heterocycles. The topological polar surface area (TPSA) is 132 Å². The van der Waals surface area contributed by atoms with Crippen LogP contribution < -0.4 is 10.7 Å². The number of anilines is 1. The highest BCUT2D eigenvalue weighted by atomic mass is 16.5. The maximum atomic E-state index is 13.8. The number of ether oxygens (including phenoxy) is 1. The van der Waals surface area contributed by atoms with Gasteiger partial charge >= 0.3 is 5.97 Å². The number of nitrogens with one attached hydrogen (secondary N) is 1. The van der Waals surface area contributed by atoms with E-state index in [9.17, 15) is 24.0 Å². The van der Waals surface area contributed by atoms with Gasteiger partial charge in [0.2, 0.25) is 17.4 Å². The molecule has 4 rings (SSSR count). The lowest BCUT2D eigenvalue weighted by molar-refractivity contribution is -0.124. The number of unbranched alkanes of at least 4 members (excludes halogenated alkanes) is 2. The minimum absolute atomic E-state index is 0.000652. The minimum Gasteiger partial charge on any atom is -0.462 e. The first-order chi connectivity index (χ1) is 17.8. The van der Waals surface area contributed by atoms with Gasteiger partial charge in [-0.1, -0.05) is 39.5 Å². The second-order valence-corrected chi connectivity index (χ2v) is 9.16. The first-order valence-corrected chi connectivity index (χ1v) is 12.5. The number of isocyanates is 1. The van der Waals surface area contributed by atoms with Crippen molar-refractivity contribution in [2.75, 3.05) is 11.9 Å². The van der Waals surface area contributed by atoms with Crippen molar-refractivity contribution in [3.63, 3.8) is 0 Å². The van der Waals surface area contributed by atoms with Gasteiger partial charge in [-0.3, -0.25) is 14.4 Å². The summed E-state index contributed by atoms with van der Waals surface area (Å²) < 4.78 is 11.1. The Morgan fingerprint density at radius 1 is 1.03 bits per heavy atom. The zero-order chi connectivity index (χ0) is 26.7. The number of Topliss-reactive ketones (excluding diaryl/α,β-unsaturated/α-hetero) is 1. The molecule has 0 atom stereocenters. The number of hydrogen-bond acceptors (Lipinski definition) is 8. The molecule has 9 heteroatoms. The van der Waals surface area contributed by atoms with Crippen LogP contribution in [0.25, 0.3) is 21.9 Å². The highest BCUT2D eigenvalue weighted by molar-refractivity contribution is 6.27. The van der Waals surface area contributed by atoms with Gasteiger partial charge in [0.15, 0.2) is 16.9 Å². The first-order valence-electron chi connectivity index (χ1n) is 12.5. The molecule has 1 amide bonds. The van der Waals surface area contributed by atoms with Crippen molar-refractivity contribution in [1.29, 1.82) is 0 Å². The number of ketones is 1. The van der Waals surface area contributed by atoms with E-state index in [2.05, 4.69) is 10.3 Å². The van der Waals surface area contributed by atoms with Crippen molar-refractivity contribution in [3.8, 4) is 0 Å². The van der Waals surface area contributed by atoms with Gasteiger partial charge < -0.3 is 14.5 Å². The summed E-state index contributed by atoms with van der Waals surface area (Å²) in [6.07, 6.45) is 5.40. The van der Waals surface area contributed by atoms with E-state index in [4.69, 9.17) is 9.15 Å². The van der Waals surface area contributed by atoms with Crippen LogP contribution in [0, 0.1) is 5.41 Å². The van der Waals surface area contributed by atoms with E-state index < -0.39 is 22.7 Å². The maximum absolute atomic E-state index is 13.8. The van der Waals surface area contributed by atoms with E-state index in [1.807, 2.05) is 13.8 Å². The number of benzene rings is 2. The fraction of sp³-hybridized carbons (Fsp3) is 0.393. The number of rotatable bonds is 9. The molecule has 0 radical (unpaired) electrons. The molecule has 37 heavy (non-hydrogen) atoms. The third-order valence-electron chi connectivity index (χ3n) is 6.86. The van der Waals surface area contributed by atoms with Gasteiger partial charge in [0.25, 0.3) is 0 Å². The van der Waals surface area contributed by atoms with E-state index in [1.165, 1.54) is 30.3 Å². The van der Waals surface area contributed by atoms with Gasteiger partial charge in [0, 0.05) is 5.56 Å². The monoisotopic (exact) mass is 504 g/mol. The van der Waals surface area contributed by atoms with Crippen molar-refractivity contribution in [3.05, 3.63) is 45.6 Å². The molecule has 0 spiro atoms. The Bertz CT molecular complexity index is 1520. The molecule has 1 aliphatic rings. The van der Waals surface area contributed by atoms with E-state index in [0.717, 1.165) is 25.7 Å². The number of aliphatic imine (C=N–C) groups is 1. The molecule has 2 aromatic carbocycles. The predicted molar refractivity (Wildman–Crippen MR) is 138 cm³/mol. The van der Waals surface area contributed by atoms with Crippen LogP contribution in [0.5, 0.6) is 0 Å². The summed E-state index contributed by atoms with van der Waals surface area (Å²) in [5.74, 6) is -1.39. The van der Waals surface area contributed by atoms with Crippen LogP contribution in [0.1, 0.15) is 80.0 Å². The summed E-state index contributed by atoms with van der Waals surface area (Å²) in [7, 11) is 0. The van der Waals surface area contributed by atoms with Crippen molar-refractivity contribution in [1.82, 2.24) is 0 Å². The van der Waals surface area contributed by atoms with Crippen LogP contribution in [-0.4, -0.2) is 30.3 Å². The lowest BCUT2D eigenvalue weighted by atomic mass is 9.69. The minimum atomic E-state index is -1.18. The number of carbonyl (C=O) groups excluding carboxylic acids is 4. The van der Waals surface area contributed by atoms with Crippen molar-refractivity contribution in [2.45, 2.75) is 59.3 Å². The highest BCUT2D eigenvalue weighted by Crippen LogP contribution is 2.44. The average Bonchev–Trinajstić information content (AvgIpc) is 2.89. The Morgan fingerprint density at radius 2 is 1.73 bits per heavy atom. The lowest BCUT2D eigenvalue weighted by Gasteiger charge is -2.35. The van der Waals surface area contributed by atoms with Crippen molar-refractivity contribution >= 4 is 57.1 Å². The Hall–Kier alpha value is -4.10. The molecule has 192 valence electrons. The SMILES string of the molecule is CCCCC1(CCCC)C(=O)Nc2c(ccc3c(=O)c4cc(C(=O)OCC)cc(N=C=O)c4oc23)C1=O. The van der Waals surface area contributed by atoms with Crippen LogP contribution in [0.2, 0.25) is 0 Å². The largest absolute Gasteiger partial charge is 0.462 e. The van der Waals surface area contributed by atoms with Crippen LogP contribution >= 0.6 is 0 Å². The number of nitrogens with zero attached hydrogens (tertiary/aromatic N) is 1. The molecule has 1 aliphatic heterocycles. The summed E-state index contributed by atoms with van der Waals surface area (Å²) in [5, 5.41) is 2.97. The molecule has 0 fully saturated rings. The molecule has 0 saturated heterocycles. The number of hydrogen-bond donors (Lipinski definition) is 1. The Balaban J connectivity index is 1.98. The number of amides is 1. The quantitative estimate of drug-likeness (QED) is 0.132. The molecule has 1 N–H and O–H groups in total. The Morgan fingerprint density at radius 3 is 2.35 bits per heavy atom. The first kappa shape index (κ1) is 26.0. The van der Waals surface area contributed by atoms with Crippen LogP contribution in [0.15, 0.2) is 38.5 Å². The van der Waals surface area contributed by atoms with Crippen LogP contribution in [0.3, 0.4) is 0 Å². The molecule has 0 bridgehead atoms. The van der Waals surface area contributed by atoms with E-state index in [1.54, 1.807) is 6.92 Å². The fourth-order valence-electron chi connectivity index (χ4n) is 4.91. The van der Waals surface area contributed by atoms with E-state index in [0.29, 0.717) is 12.8 Å². The molecule has 0 saturated carbocycles. The summed E-state index contributed by atoms with van der Waals surface area (Å²) in [6.45, 7) is 5.77. The predicted octanol–water partition coefficient (Wildman–Crippen LogP) is 5.59. The second-order valence-electron chi connectivity index (χ2n) is 9.16. The summed E-state index contributed by atoms with van der Waals surface area (Å²) >= 11 is 0. The zero-order valence-electron chi connectivity index (χ0n) is 21.1. The Kier molecular flexibility index (Phi) is 7.36. The van der Waals surface area contributed by atoms with Gasteiger partial charge in [-0.15, -0.1) is 0 Å². The fourth-order valence-corrected chi connectivity index (χ4v) is 4.91. The molecule has 9 nitrogen and oxygen atoms in total. The Labute approximate surface area is 212 Å². The molecule has 3 aromatic rings. The molecular formula is C28H28N2O7. The van der Waals surface area contributed by atoms with Crippen LogP contribution in [0.4, 0.5) is 11.4 Å². The lowest BCUT2D eigenvalue weighted by Crippen LogP contribution is -2.47. The summed E-state index contributed by atoms with van der Waals surface area (Å²) in [6, 6.07) is 5.60. The summed E-state index contributed by atoms with van der Waals surface area (Å²) in [5.41, 5.74) is -1.45. The third kappa shape index (κ3) is 4.36. The van der Waals surface area contributed by atoms with Crippen LogP contribution in [-0.2, 0) is 14.3 Å². The van der Waals surface area contributed by atoms with E-state index >= 15 is 0 Å². The molecule has 2 heterocycles. The zero-order valence-corrected chi connectivity index (χ0v) is 21.1. The number of esters is 1. The van der Waals surface area contributed by atoms with E-state index in [-0.39, 0.29) is 56.8 Å². The average molecular weight is 505 g/mol. The standard InChI is InChI=1S/C28H28N2O7/c1-4-7-11-28(12-8-5-2)25(33)17-9-10-18-22(32)19-13-16(26(34)36-6-3)14-20(29-15-31)23(19)37-24(18)21(17)30-27(28)35/h9-10,13-14H,4-8,11-12H2,1-3H3,(H,30,35). The normalized spacial score (nSPS) is 14.2.